The minimum atomic E-state index is -0.924. The van der Waals surface area contributed by atoms with Gasteiger partial charge in [0.2, 0.25) is 16.2 Å². The summed E-state index contributed by atoms with van der Waals surface area (Å²) in [6.45, 7) is 3.62. The Morgan fingerprint density at radius 3 is 2.89 bits per heavy atom. The van der Waals surface area contributed by atoms with Gasteiger partial charge in [-0.2, -0.15) is 9.36 Å². The van der Waals surface area contributed by atoms with E-state index in [0.29, 0.717) is 10.3 Å². The number of carboxylic acids is 1. The number of hydrogen-bond donors (Lipinski definition) is 2. The molecule has 19 heavy (non-hydrogen) atoms. The quantitative estimate of drug-likeness (QED) is 0.709. The van der Waals surface area contributed by atoms with Crippen molar-refractivity contribution in [2.75, 3.05) is 16.8 Å². The van der Waals surface area contributed by atoms with Gasteiger partial charge in [-0.05, 0) is 13.3 Å². The van der Waals surface area contributed by atoms with Gasteiger partial charge in [-0.3, -0.25) is 14.9 Å². The topological polar surface area (TPSA) is 92.2 Å². The summed E-state index contributed by atoms with van der Waals surface area (Å²) in [5.74, 6) is -0.158. The van der Waals surface area contributed by atoms with Gasteiger partial charge in [0, 0.05) is 17.3 Å². The lowest BCUT2D eigenvalue weighted by Crippen LogP contribution is -2.19. The van der Waals surface area contributed by atoms with E-state index in [-0.39, 0.29) is 11.7 Å². The number of anilines is 1. The van der Waals surface area contributed by atoms with Crippen LogP contribution in [0.5, 0.6) is 0 Å². The number of carbonyl (C=O) groups excluding carboxylic acids is 1. The van der Waals surface area contributed by atoms with Crippen LogP contribution in [-0.4, -0.2) is 43.1 Å². The first kappa shape index (κ1) is 16.3. The predicted octanol–water partition coefficient (Wildman–Crippen LogP) is 2.18. The average molecular weight is 321 g/mol. The highest BCUT2D eigenvalue weighted by atomic mass is 32.2. The molecule has 1 aromatic rings. The summed E-state index contributed by atoms with van der Waals surface area (Å²) in [4.78, 5) is 26.3. The monoisotopic (exact) mass is 321 g/mol. The van der Waals surface area contributed by atoms with Crippen LogP contribution in [0, 0.1) is 0 Å². The van der Waals surface area contributed by atoms with Gasteiger partial charge in [0.25, 0.3) is 0 Å². The maximum Gasteiger partial charge on any atom is 0.316 e. The standard InChI is InChI=1S/C10H15N3O3S3/c1-3-4-17-10-12-9(19-13-10)11-7(14)5-18-6(2)8(15)16/h6H,3-5H2,1-2H3,(H,15,16)(H,11,12,13,14). The maximum absolute atomic E-state index is 11.6. The largest absolute Gasteiger partial charge is 0.480 e. The van der Waals surface area contributed by atoms with Crippen LogP contribution in [0.25, 0.3) is 0 Å². The molecule has 0 saturated heterocycles. The minimum Gasteiger partial charge on any atom is -0.480 e. The van der Waals surface area contributed by atoms with Gasteiger partial charge in [0.15, 0.2) is 0 Å². The molecule has 1 atom stereocenters. The second-order valence-electron chi connectivity index (χ2n) is 3.57. The van der Waals surface area contributed by atoms with E-state index in [0.717, 1.165) is 35.5 Å². The van der Waals surface area contributed by atoms with Crippen molar-refractivity contribution >= 4 is 52.1 Å². The molecule has 1 unspecified atom stereocenters. The molecule has 9 heteroatoms. The lowest BCUT2D eigenvalue weighted by atomic mass is 10.5. The smallest absolute Gasteiger partial charge is 0.316 e. The molecular formula is C10H15N3O3S3. The zero-order chi connectivity index (χ0) is 14.3. The third-order valence-electron chi connectivity index (χ3n) is 1.90. The second-order valence-corrected chi connectivity index (χ2v) is 6.71. The predicted molar refractivity (Wildman–Crippen MR) is 79.1 cm³/mol. The Labute approximate surface area is 123 Å². The number of rotatable bonds is 8. The third kappa shape index (κ3) is 6.26. The van der Waals surface area contributed by atoms with E-state index in [1.54, 1.807) is 18.7 Å². The summed E-state index contributed by atoms with van der Waals surface area (Å²) in [5.41, 5.74) is 0. The highest BCUT2D eigenvalue weighted by Crippen LogP contribution is 2.20. The van der Waals surface area contributed by atoms with Gasteiger partial charge < -0.3 is 5.11 Å². The first-order valence-corrected chi connectivity index (χ1v) is 8.44. The fraction of sp³-hybridized carbons (Fsp3) is 0.600. The number of nitrogens with zero attached hydrogens (tertiary/aromatic N) is 2. The number of aliphatic carboxylic acids is 1. The Morgan fingerprint density at radius 1 is 1.53 bits per heavy atom. The summed E-state index contributed by atoms with van der Waals surface area (Å²) >= 11 is 3.75. The third-order valence-corrected chi connectivity index (χ3v) is 4.83. The molecule has 1 amide bonds. The minimum absolute atomic E-state index is 0.0878. The molecule has 0 aliphatic heterocycles. The van der Waals surface area contributed by atoms with Gasteiger partial charge in [0.05, 0.1) is 11.0 Å². The SMILES string of the molecule is CCCSc1nsc(NC(=O)CSC(C)C(=O)O)n1. The van der Waals surface area contributed by atoms with Crippen molar-refractivity contribution in [1.82, 2.24) is 9.36 Å². The van der Waals surface area contributed by atoms with E-state index in [4.69, 9.17) is 5.11 Å². The van der Waals surface area contributed by atoms with Crippen LogP contribution in [0.1, 0.15) is 20.3 Å². The molecular weight excluding hydrogens is 306 g/mol. The fourth-order valence-electron chi connectivity index (χ4n) is 0.940. The molecule has 0 saturated carbocycles. The molecule has 0 aliphatic rings. The zero-order valence-electron chi connectivity index (χ0n) is 10.6. The Balaban J connectivity index is 2.35. The molecule has 1 rings (SSSR count). The van der Waals surface area contributed by atoms with Crippen molar-refractivity contribution in [2.45, 2.75) is 30.7 Å². The molecule has 0 radical (unpaired) electrons. The van der Waals surface area contributed by atoms with Crippen molar-refractivity contribution in [3.63, 3.8) is 0 Å². The Hall–Kier alpha value is -0.800. The van der Waals surface area contributed by atoms with Gasteiger partial charge in [-0.25, -0.2) is 0 Å². The molecule has 0 spiro atoms. The zero-order valence-corrected chi connectivity index (χ0v) is 13.0. The van der Waals surface area contributed by atoms with Crippen molar-refractivity contribution in [3.05, 3.63) is 0 Å². The number of thioether (sulfide) groups is 2. The van der Waals surface area contributed by atoms with Crippen molar-refractivity contribution in [3.8, 4) is 0 Å². The second kappa shape index (κ2) is 8.39. The normalized spacial score (nSPS) is 12.1. The summed E-state index contributed by atoms with van der Waals surface area (Å²) in [5, 5.41) is 11.8. The van der Waals surface area contributed by atoms with E-state index in [1.165, 1.54) is 0 Å². The first-order chi connectivity index (χ1) is 9.02. The van der Waals surface area contributed by atoms with E-state index in [9.17, 15) is 9.59 Å². The molecule has 0 fully saturated rings. The number of amides is 1. The summed E-state index contributed by atoms with van der Waals surface area (Å²) in [7, 11) is 0. The summed E-state index contributed by atoms with van der Waals surface area (Å²) in [6, 6.07) is 0. The Morgan fingerprint density at radius 2 is 2.26 bits per heavy atom. The molecule has 1 heterocycles. The Kier molecular flexibility index (Phi) is 7.17. The van der Waals surface area contributed by atoms with E-state index >= 15 is 0 Å². The molecule has 106 valence electrons. The van der Waals surface area contributed by atoms with Gasteiger partial charge in [-0.1, -0.05) is 18.7 Å². The van der Waals surface area contributed by atoms with Crippen molar-refractivity contribution < 1.29 is 14.7 Å². The molecule has 0 aliphatic carbocycles. The molecule has 2 N–H and O–H groups in total. The number of nitrogens with one attached hydrogen (secondary N) is 1. The first-order valence-electron chi connectivity index (χ1n) is 5.63. The molecule has 0 bridgehead atoms. The molecule has 1 aromatic heterocycles. The molecule has 6 nitrogen and oxygen atoms in total. The van der Waals surface area contributed by atoms with Gasteiger partial charge in [-0.15, -0.1) is 11.8 Å². The Bertz CT molecular complexity index is 439. The van der Waals surface area contributed by atoms with Crippen LogP contribution in [0.15, 0.2) is 5.16 Å². The molecule has 0 aromatic carbocycles. The van der Waals surface area contributed by atoms with Crippen LogP contribution in [0.4, 0.5) is 5.13 Å². The number of carboxylic acid groups (broad SMARTS) is 1. The van der Waals surface area contributed by atoms with Crippen LogP contribution in [0.3, 0.4) is 0 Å². The van der Waals surface area contributed by atoms with Crippen LogP contribution in [-0.2, 0) is 9.59 Å². The van der Waals surface area contributed by atoms with E-state index < -0.39 is 11.2 Å². The fourth-order valence-corrected chi connectivity index (χ4v) is 2.97. The van der Waals surface area contributed by atoms with E-state index in [1.807, 2.05) is 0 Å². The van der Waals surface area contributed by atoms with Gasteiger partial charge >= 0.3 is 5.97 Å². The van der Waals surface area contributed by atoms with E-state index in [2.05, 4.69) is 21.6 Å². The van der Waals surface area contributed by atoms with Gasteiger partial charge in [0.1, 0.15) is 0 Å². The van der Waals surface area contributed by atoms with Crippen LogP contribution < -0.4 is 5.32 Å². The average Bonchev–Trinajstić information content (AvgIpc) is 2.80. The summed E-state index contributed by atoms with van der Waals surface area (Å²) < 4.78 is 4.11. The van der Waals surface area contributed by atoms with Crippen molar-refractivity contribution in [2.24, 2.45) is 0 Å². The lowest BCUT2D eigenvalue weighted by Gasteiger charge is -2.04. The highest BCUT2D eigenvalue weighted by molar-refractivity contribution is 8.01. The number of carbonyl (C=O) groups is 2. The summed E-state index contributed by atoms with van der Waals surface area (Å²) in [6.07, 6.45) is 1.04. The van der Waals surface area contributed by atoms with Crippen LogP contribution >= 0.6 is 35.1 Å². The van der Waals surface area contributed by atoms with Crippen LogP contribution in [0.2, 0.25) is 0 Å². The number of hydrogen-bond acceptors (Lipinski definition) is 7. The lowest BCUT2D eigenvalue weighted by molar-refractivity contribution is -0.136. The highest BCUT2D eigenvalue weighted by Gasteiger charge is 2.14. The number of aromatic nitrogens is 2. The van der Waals surface area contributed by atoms with Crippen molar-refractivity contribution in [1.29, 1.82) is 0 Å². The maximum atomic E-state index is 11.6.